The smallest absolute Gasteiger partial charge is 0.255 e. The fourth-order valence-corrected chi connectivity index (χ4v) is 3.32. The summed E-state index contributed by atoms with van der Waals surface area (Å²) < 4.78 is 0.858. The second kappa shape index (κ2) is 7.83. The van der Waals surface area contributed by atoms with E-state index >= 15 is 0 Å². The van der Waals surface area contributed by atoms with Gasteiger partial charge in [-0.3, -0.25) is 9.59 Å². The standard InChI is InChI=1S/C20H21BrN2O2/c1-14-9-11-23(12-10-14)20(25)15-5-7-18(8-6-15)22-19(24)16-3-2-4-17(21)13-16/h2-8,13-14H,9-12H2,1H3,(H,22,24). The number of piperidine rings is 1. The van der Waals surface area contributed by atoms with Gasteiger partial charge in [-0.05, 0) is 61.2 Å². The third-order valence-corrected chi connectivity index (χ3v) is 5.04. The molecule has 1 aliphatic rings. The van der Waals surface area contributed by atoms with E-state index in [1.54, 1.807) is 36.4 Å². The highest BCUT2D eigenvalue weighted by atomic mass is 79.9. The molecule has 130 valence electrons. The zero-order valence-electron chi connectivity index (χ0n) is 14.2. The Morgan fingerprint density at radius 1 is 1.04 bits per heavy atom. The molecule has 4 nitrogen and oxygen atoms in total. The van der Waals surface area contributed by atoms with Gasteiger partial charge < -0.3 is 10.2 Å². The minimum absolute atomic E-state index is 0.0665. The Bertz CT molecular complexity index is 766. The van der Waals surface area contributed by atoms with Crippen LogP contribution in [0.5, 0.6) is 0 Å². The predicted molar refractivity (Wildman–Crippen MR) is 103 cm³/mol. The van der Waals surface area contributed by atoms with Crippen LogP contribution < -0.4 is 5.32 Å². The van der Waals surface area contributed by atoms with Crippen LogP contribution in [-0.4, -0.2) is 29.8 Å². The summed E-state index contributed by atoms with van der Waals surface area (Å²) in [6, 6.07) is 14.3. The van der Waals surface area contributed by atoms with E-state index in [0.29, 0.717) is 22.7 Å². The first kappa shape index (κ1) is 17.7. The molecule has 1 aliphatic heterocycles. The molecule has 2 amide bonds. The number of amides is 2. The Morgan fingerprint density at radius 3 is 2.36 bits per heavy atom. The first-order valence-electron chi connectivity index (χ1n) is 8.49. The van der Waals surface area contributed by atoms with E-state index < -0.39 is 0 Å². The van der Waals surface area contributed by atoms with Gasteiger partial charge in [0.15, 0.2) is 0 Å². The Hall–Kier alpha value is -2.14. The molecule has 1 fully saturated rings. The van der Waals surface area contributed by atoms with Gasteiger partial charge in [0.05, 0.1) is 0 Å². The maximum Gasteiger partial charge on any atom is 0.255 e. The first-order chi connectivity index (χ1) is 12.0. The Kier molecular flexibility index (Phi) is 5.53. The lowest BCUT2D eigenvalue weighted by Crippen LogP contribution is -2.37. The fraction of sp³-hybridized carbons (Fsp3) is 0.300. The third kappa shape index (κ3) is 4.48. The lowest BCUT2D eigenvalue weighted by molar-refractivity contribution is 0.0697. The summed E-state index contributed by atoms with van der Waals surface area (Å²) in [7, 11) is 0. The molecule has 0 radical (unpaired) electrons. The van der Waals surface area contributed by atoms with Crippen LogP contribution in [-0.2, 0) is 0 Å². The quantitative estimate of drug-likeness (QED) is 0.819. The molecule has 1 heterocycles. The molecule has 0 saturated carbocycles. The fourth-order valence-electron chi connectivity index (χ4n) is 2.92. The number of anilines is 1. The van der Waals surface area contributed by atoms with Gasteiger partial charge in [0.2, 0.25) is 0 Å². The molecule has 0 spiro atoms. The molecule has 2 aromatic carbocycles. The number of rotatable bonds is 3. The zero-order chi connectivity index (χ0) is 17.8. The van der Waals surface area contributed by atoms with Gasteiger partial charge in [-0.2, -0.15) is 0 Å². The van der Waals surface area contributed by atoms with Gasteiger partial charge >= 0.3 is 0 Å². The van der Waals surface area contributed by atoms with E-state index in [-0.39, 0.29) is 11.8 Å². The number of nitrogens with one attached hydrogen (secondary N) is 1. The van der Waals surface area contributed by atoms with Gasteiger partial charge in [-0.1, -0.05) is 28.9 Å². The van der Waals surface area contributed by atoms with Crippen LogP contribution in [0.4, 0.5) is 5.69 Å². The highest BCUT2D eigenvalue weighted by Crippen LogP contribution is 2.19. The van der Waals surface area contributed by atoms with E-state index in [9.17, 15) is 9.59 Å². The van der Waals surface area contributed by atoms with Gasteiger partial charge in [0.25, 0.3) is 11.8 Å². The second-order valence-corrected chi connectivity index (χ2v) is 7.43. The largest absolute Gasteiger partial charge is 0.339 e. The van der Waals surface area contributed by atoms with Crippen LogP contribution in [0.1, 0.15) is 40.5 Å². The van der Waals surface area contributed by atoms with Crippen LogP contribution in [0.15, 0.2) is 53.0 Å². The normalized spacial score (nSPS) is 15.0. The third-order valence-electron chi connectivity index (χ3n) is 4.55. The Morgan fingerprint density at radius 2 is 1.72 bits per heavy atom. The van der Waals surface area contributed by atoms with Crippen molar-refractivity contribution in [1.82, 2.24) is 4.90 Å². The summed E-state index contributed by atoms with van der Waals surface area (Å²) in [6.45, 7) is 3.87. The van der Waals surface area contributed by atoms with Gasteiger partial charge in [-0.25, -0.2) is 0 Å². The van der Waals surface area contributed by atoms with Gasteiger partial charge in [0, 0.05) is 34.4 Å². The molecule has 2 aromatic rings. The van der Waals surface area contributed by atoms with Crippen molar-refractivity contribution in [3.63, 3.8) is 0 Å². The maximum atomic E-state index is 12.5. The molecular formula is C20H21BrN2O2. The number of hydrogen-bond donors (Lipinski definition) is 1. The first-order valence-corrected chi connectivity index (χ1v) is 9.28. The number of benzene rings is 2. The van der Waals surface area contributed by atoms with Crippen molar-refractivity contribution in [3.05, 3.63) is 64.1 Å². The van der Waals surface area contributed by atoms with Crippen LogP contribution in [0.2, 0.25) is 0 Å². The van der Waals surface area contributed by atoms with E-state index in [0.717, 1.165) is 30.4 Å². The zero-order valence-corrected chi connectivity index (χ0v) is 15.8. The van der Waals surface area contributed by atoms with E-state index in [1.165, 1.54) is 0 Å². The molecule has 5 heteroatoms. The van der Waals surface area contributed by atoms with Crippen LogP contribution in [0.25, 0.3) is 0 Å². The molecule has 3 rings (SSSR count). The van der Waals surface area contributed by atoms with Crippen LogP contribution >= 0.6 is 15.9 Å². The average molecular weight is 401 g/mol. The molecular weight excluding hydrogens is 380 g/mol. The number of likely N-dealkylation sites (tertiary alicyclic amines) is 1. The van der Waals surface area contributed by atoms with Crippen molar-refractivity contribution in [2.45, 2.75) is 19.8 Å². The molecule has 0 aliphatic carbocycles. The summed E-state index contributed by atoms with van der Waals surface area (Å²) in [4.78, 5) is 26.7. The molecule has 0 bridgehead atoms. The van der Waals surface area contributed by atoms with Crippen LogP contribution in [0.3, 0.4) is 0 Å². The number of hydrogen-bond acceptors (Lipinski definition) is 2. The molecule has 1 saturated heterocycles. The minimum atomic E-state index is -0.176. The van der Waals surface area contributed by atoms with E-state index in [1.807, 2.05) is 17.0 Å². The summed E-state index contributed by atoms with van der Waals surface area (Å²) in [5, 5.41) is 2.85. The Labute approximate surface area is 156 Å². The molecule has 0 atom stereocenters. The maximum absolute atomic E-state index is 12.5. The highest BCUT2D eigenvalue weighted by molar-refractivity contribution is 9.10. The molecule has 1 N–H and O–H groups in total. The number of nitrogens with zero attached hydrogens (tertiary/aromatic N) is 1. The lowest BCUT2D eigenvalue weighted by Gasteiger charge is -2.30. The van der Waals surface area contributed by atoms with E-state index in [4.69, 9.17) is 0 Å². The van der Waals surface area contributed by atoms with E-state index in [2.05, 4.69) is 28.2 Å². The summed E-state index contributed by atoms with van der Waals surface area (Å²) in [5.74, 6) is 0.585. The van der Waals surface area contributed by atoms with Gasteiger partial charge in [0.1, 0.15) is 0 Å². The highest BCUT2D eigenvalue weighted by Gasteiger charge is 2.21. The predicted octanol–water partition coefficient (Wildman–Crippen LogP) is 4.57. The summed E-state index contributed by atoms with van der Waals surface area (Å²) in [5.41, 5.74) is 1.92. The topological polar surface area (TPSA) is 49.4 Å². The molecule has 0 unspecified atom stereocenters. The van der Waals surface area contributed by atoms with Gasteiger partial charge in [-0.15, -0.1) is 0 Å². The number of carbonyl (C=O) groups excluding carboxylic acids is 2. The van der Waals surface area contributed by atoms with Crippen molar-refractivity contribution >= 4 is 33.4 Å². The lowest BCUT2D eigenvalue weighted by atomic mass is 9.98. The van der Waals surface area contributed by atoms with Crippen molar-refractivity contribution in [2.24, 2.45) is 5.92 Å². The summed E-state index contributed by atoms with van der Waals surface area (Å²) >= 11 is 3.36. The van der Waals surface area contributed by atoms with Crippen molar-refractivity contribution in [1.29, 1.82) is 0 Å². The van der Waals surface area contributed by atoms with Crippen molar-refractivity contribution in [3.8, 4) is 0 Å². The average Bonchev–Trinajstić information content (AvgIpc) is 2.62. The van der Waals surface area contributed by atoms with Crippen molar-refractivity contribution < 1.29 is 9.59 Å². The Balaban J connectivity index is 1.64. The number of carbonyl (C=O) groups is 2. The van der Waals surface area contributed by atoms with Crippen molar-refractivity contribution in [2.75, 3.05) is 18.4 Å². The SMILES string of the molecule is CC1CCN(C(=O)c2ccc(NC(=O)c3cccc(Br)c3)cc2)CC1. The second-order valence-electron chi connectivity index (χ2n) is 6.52. The summed E-state index contributed by atoms with van der Waals surface area (Å²) in [6.07, 6.45) is 2.12. The minimum Gasteiger partial charge on any atom is -0.339 e. The van der Waals surface area contributed by atoms with Crippen LogP contribution in [0, 0.1) is 5.92 Å². The monoisotopic (exact) mass is 400 g/mol. The molecule has 25 heavy (non-hydrogen) atoms. The number of halogens is 1. The molecule has 0 aromatic heterocycles.